The molecular formula is C18H13ClFN5O2. The van der Waals surface area contributed by atoms with Crippen LogP contribution in [0.5, 0.6) is 0 Å². The summed E-state index contributed by atoms with van der Waals surface area (Å²) in [6, 6.07) is 6.15. The topological polar surface area (TPSA) is 104 Å². The van der Waals surface area contributed by atoms with Crippen molar-refractivity contribution < 1.29 is 9.18 Å². The van der Waals surface area contributed by atoms with Crippen LogP contribution in [-0.2, 0) is 11.2 Å². The number of nitrogens with zero attached hydrogens (tertiary/aromatic N) is 2. The third-order valence-electron chi connectivity index (χ3n) is 4.21. The van der Waals surface area contributed by atoms with Gasteiger partial charge in [0.25, 0.3) is 5.56 Å². The molecule has 0 saturated heterocycles. The number of halogens is 2. The summed E-state index contributed by atoms with van der Waals surface area (Å²) in [5.74, 6) is -0.717. The minimum Gasteiger partial charge on any atom is -0.320 e. The molecule has 4 aromatic rings. The van der Waals surface area contributed by atoms with Gasteiger partial charge in [-0.05, 0) is 30.2 Å². The summed E-state index contributed by atoms with van der Waals surface area (Å²) in [6.07, 6.45) is 3.57. The summed E-state index contributed by atoms with van der Waals surface area (Å²) in [5, 5.41) is 10.5. The van der Waals surface area contributed by atoms with Gasteiger partial charge < -0.3 is 10.3 Å². The van der Waals surface area contributed by atoms with Gasteiger partial charge in [0.1, 0.15) is 11.2 Å². The second kappa shape index (κ2) is 6.81. The molecule has 9 heteroatoms. The molecule has 3 aromatic heterocycles. The Hall–Kier alpha value is -3.26. The number of aromatic amines is 2. The minimum absolute atomic E-state index is 0.0350. The van der Waals surface area contributed by atoms with Crippen LogP contribution in [0.2, 0.25) is 5.02 Å². The number of fused-ring (bicyclic) bond motifs is 3. The van der Waals surface area contributed by atoms with Crippen molar-refractivity contribution in [3.63, 3.8) is 0 Å². The molecule has 1 amide bonds. The van der Waals surface area contributed by atoms with E-state index < -0.39 is 5.82 Å². The Balaban J connectivity index is 1.56. The summed E-state index contributed by atoms with van der Waals surface area (Å²) in [4.78, 5) is 31.3. The number of pyridine rings is 2. The largest absolute Gasteiger partial charge is 0.320 e. The number of aromatic nitrogens is 4. The highest BCUT2D eigenvalue weighted by atomic mass is 35.5. The van der Waals surface area contributed by atoms with Crippen molar-refractivity contribution in [1.82, 2.24) is 20.2 Å². The first-order chi connectivity index (χ1) is 13.0. The van der Waals surface area contributed by atoms with Crippen LogP contribution in [0.4, 0.5) is 10.2 Å². The number of nitrogens with one attached hydrogen (secondary N) is 3. The highest BCUT2D eigenvalue weighted by Gasteiger charge is 2.15. The highest BCUT2D eigenvalue weighted by Crippen LogP contribution is 2.23. The van der Waals surface area contributed by atoms with Gasteiger partial charge in [-0.1, -0.05) is 17.7 Å². The van der Waals surface area contributed by atoms with Gasteiger partial charge >= 0.3 is 0 Å². The van der Waals surface area contributed by atoms with Crippen molar-refractivity contribution in [2.45, 2.75) is 12.8 Å². The van der Waals surface area contributed by atoms with Crippen LogP contribution >= 0.6 is 11.6 Å². The third-order valence-corrected chi connectivity index (χ3v) is 4.52. The summed E-state index contributed by atoms with van der Waals surface area (Å²) >= 11 is 5.65. The molecule has 136 valence electrons. The Bertz CT molecular complexity index is 1230. The SMILES string of the molecule is O=C(CCc1ccc(Cl)c(F)c1)Nc1n[nH]c2c1c(=O)[nH]c1cnccc12. The number of carbonyl (C=O) groups is 1. The average Bonchev–Trinajstić information content (AvgIpc) is 3.07. The Morgan fingerprint density at radius 3 is 2.96 bits per heavy atom. The molecule has 1 aromatic carbocycles. The van der Waals surface area contributed by atoms with Gasteiger partial charge in [-0.3, -0.25) is 19.7 Å². The molecule has 0 fully saturated rings. The molecule has 4 rings (SSSR count). The van der Waals surface area contributed by atoms with Crippen molar-refractivity contribution in [3.8, 4) is 0 Å². The molecule has 0 aliphatic rings. The molecule has 0 bridgehead atoms. The smallest absolute Gasteiger partial charge is 0.261 e. The molecule has 0 spiro atoms. The molecule has 3 N–H and O–H groups in total. The van der Waals surface area contributed by atoms with E-state index in [1.54, 1.807) is 24.5 Å². The summed E-state index contributed by atoms with van der Waals surface area (Å²) < 4.78 is 13.5. The number of H-pyrrole nitrogens is 2. The lowest BCUT2D eigenvalue weighted by Crippen LogP contribution is -2.15. The first-order valence-electron chi connectivity index (χ1n) is 8.11. The molecule has 7 nitrogen and oxygen atoms in total. The van der Waals surface area contributed by atoms with Crippen LogP contribution in [0.1, 0.15) is 12.0 Å². The Morgan fingerprint density at radius 1 is 1.30 bits per heavy atom. The fourth-order valence-corrected chi connectivity index (χ4v) is 3.01. The molecule has 27 heavy (non-hydrogen) atoms. The van der Waals surface area contributed by atoms with Gasteiger partial charge in [-0.2, -0.15) is 5.10 Å². The number of amides is 1. The van der Waals surface area contributed by atoms with Crippen LogP contribution < -0.4 is 10.9 Å². The zero-order chi connectivity index (χ0) is 19.0. The van der Waals surface area contributed by atoms with E-state index in [1.165, 1.54) is 12.1 Å². The molecule has 0 aliphatic heterocycles. The quantitative estimate of drug-likeness (QED) is 0.502. The van der Waals surface area contributed by atoms with Crippen molar-refractivity contribution in [2.24, 2.45) is 0 Å². The fourth-order valence-electron chi connectivity index (χ4n) is 2.89. The monoisotopic (exact) mass is 385 g/mol. The van der Waals surface area contributed by atoms with Crippen molar-refractivity contribution >= 4 is 45.1 Å². The van der Waals surface area contributed by atoms with Gasteiger partial charge in [0.15, 0.2) is 5.82 Å². The van der Waals surface area contributed by atoms with Crippen LogP contribution in [-0.4, -0.2) is 26.1 Å². The maximum atomic E-state index is 13.5. The number of carbonyl (C=O) groups excluding carboxylic acids is 1. The number of hydrogen-bond donors (Lipinski definition) is 3. The zero-order valence-electron chi connectivity index (χ0n) is 13.8. The molecule has 0 atom stereocenters. The van der Waals surface area contributed by atoms with Gasteiger partial charge in [-0.15, -0.1) is 0 Å². The fraction of sp³-hybridized carbons (Fsp3) is 0.111. The number of hydrogen-bond acceptors (Lipinski definition) is 4. The third kappa shape index (κ3) is 3.26. The molecule has 0 aliphatic carbocycles. The van der Waals surface area contributed by atoms with Gasteiger partial charge in [0, 0.05) is 18.0 Å². The average molecular weight is 386 g/mol. The molecular weight excluding hydrogens is 373 g/mol. The van der Waals surface area contributed by atoms with Crippen molar-refractivity contribution in [1.29, 1.82) is 0 Å². The number of aryl methyl sites for hydroxylation is 1. The van der Waals surface area contributed by atoms with Gasteiger partial charge in [0.05, 0.1) is 22.3 Å². The lowest BCUT2D eigenvalue weighted by molar-refractivity contribution is -0.116. The number of anilines is 1. The number of rotatable bonds is 4. The van der Waals surface area contributed by atoms with E-state index in [0.717, 1.165) is 5.39 Å². The van der Waals surface area contributed by atoms with Crippen LogP contribution in [0, 0.1) is 5.82 Å². The van der Waals surface area contributed by atoms with E-state index in [0.29, 0.717) is 23.0 Å². The standard InChI is InChI=1S/C18H13ClFN5O2/c19-11-3-1-9(7-12(11)20)2-4-14(26)23-17-15-16(24-25-17)10-5-6-21-8-13(10)22-18(15)27/h1,3,5-8H,2,4H2,(H,22,27)(H2,23,24,25,26). The predicted octanol–water partition coefficient (Wildman–Crippen LogP) is 3.16. The molecule has 0 radical (unpaired) electrons. The van der Waals surface area contributed by atoms with Crippen LogP contribution in [0.15, 0.2) is 41.5 Å². The summed E-state index contributed by atoms with van der Waals surface area (Å²) in [6.45, 7) is 0. The Morgan fingerprint density at radius 2 is 2.15 bits per heavy atom. The number of benzene rings is 1. The lowest BCUT2D eigenvalue weighted by atomic mass is 10.1. The summed E-state index contributed by atoms with van der Waals surface area (Å²) in [5.41, 5.74) is 1.36. The molecule has 0 saturated carbocycles. The van der Waals surface area contributed by atoms with E-state index in [2.05, 4.69) is 25.5 Å². The maximum absolute atomic E-state index is 13.5. The van der Waals surface area contributed by atoms with E-state index in [4.69, 9.17) is 11.6 Å². The van der Waals surface area contributed by atoms with Crippen LogP contribution in [0.25, 0.3) is 21.8 Å². The van der Waals surface area contributed by atoms with E-state index in [1.807, 2.05) is 0 Å². The lowest BCUT2D eigenvalue weighted by Gasteiger charge is -2.04. The first kappa shape index (κ1) is 17.2. The van der Waals surface area contributed by atoms with E-state index in [-0.39, 0.29) is 34.1 Å². The second-order valence-electron chi connectivity index (χ2n) is 5.99. The minimum atomic E-state index is -0.527. The van der Waals surface area contributed by atoms with Gasteiger partial charge in [0.2, 0.25) is 5.91 Å². The molecule has 0 unspecified atom stereocenters. The normalized spacial score (nSPS) is 11.2. The molecule has 3 heterocycles. The highest BCUT2D eigenvalue weighted by molar-refractivity contribution is 6.30. The van der Waals surface area contributed by atoms with E-state index in [9.17, 15) is 14.0 Å². The van der Waals surface area contributed by atoms with Crippen molar-refractivity contribution in [3.05, 3.63) is 63.4 Å². The van der Waals surface area contributed by atoms with Gasteiger partial charge in [-0.25, -0.2) is 4.39 Å². The first-order valence-corrected chi connectivity index (χ1v) is 8.48. The second-order valence-corrected chi connectivity index (χ2v) is 6.40. The van der Waals surface area contributed by atoms with E-state index >= 15 is 0 Å². The predicted molar refractivity (Wildman–Crippen MR) is 100 cm³/mol. The summed E-state index contributed by atoms with van der Waals surface area (Å²) in [7, 11) is 0. The van der Waals surface area contributed by atoms with Crippen molar-refractivity contribution in [2.75, 3.05) is 5.32 Å². The zero-order valence-corrected chi connectivity index (χ0v) is 14.6. The Labute approximate surface area is 156 Å². The maximum Gasteiger partial charge on any atom is 0.261 e. The Kier molecular flexibility index (Phi) is 4.33. The van der Waals surface area contributed by atoms with Crippen LogP contribution in [0.3, 0.4) is 0 Å².